The highest BCUT2D eigenvalue weighted by Gasteiger charge is 2.03. The van der Waals surface area contributed by atoms with Crippen molar-refractivity contribution in [3.05, 3.63) is 48.0 Å². The van der Waals surface area contributed by atoms with Crippen LogP contribution in [0.1, 0.15) is 11.4 Å². The van der Waals surface area contributed by atoms with Crippen LogP contribution in [0.5, 0.6) is 5.75 Å². The second-order valence-corrected chi connectivity index (χ2v) is 4.08. The van der Waals surface area contributed by atoms with E-state index in [-0.39, 0.29) is 5.75 Å². The summed E-state index contributed by atoms with van der Waals surface area (Å²) in [6.07, 6.45) is 3.63. The molecule has 1 N–H and O–H groups in total. The Hall–Kier alpha value is -1.95. The van der Waals surface area contributed by atoms with Crippen LogP contribution in [0.4, 0.5) is 8.78 Å². The molecule has 0 amide bonds. The molecule has 4 nitrogen and oxygen atoms in total. The summed E-state index contributed by atoms with van der Waals surface area (Å²) in [6.45, 7) is -1.49. The monoisotopic (exact) mass is 267 g/mol. The second-order valence-electron chi connectivity index (χ2n) is 4.08. The fourth-order valence-corrected chi connectivity index (χ4v) is 1.67. The zero-order valence-electron chi connectivity index (χ0n) is 10.5. The minimum absolute atomic E-state index is 0.169. The first kappa shape index (κ1) is 13.5. The van der Waals surface area contributed by atoms with Crippen molar-refractivity contribution >= 4 is 0 Å². The molecule has 0 aliphatic rings. The number of imidazole rings is 1. The van der Waals surface area contributed by atoms with Gasteiger partial charge in [0.25, 0.3) is 0 Å². The first-order valence-electron chi connectivity index (χ1n) is 5.86. The van der Waals surface area contributed by atoms with Crippen LogP contribution in [0.25, 0.3) is 0 Å². The average molecular weight is 267 g/mol. The van der Waals surface area contributed by atoms with Crippen molar-refractivity contribution in [3.8, 4) is 5.75 Å². The predicted octanol–water partition coefficient (Wildman–Crippen LogP) is 2.31. The average Bonchev–Trinajstić information content (AvgIpc) is 2.77. The molecule has 0 saturated heterocycles. The van der Waals surface area contributed by atoms with Crippen LogP contribution >= 0.6 is 0 Å². The molecule has 0 radical (unpaired) electrons. The maximum absolute atomic E-state index is 12.0. The molecular weight excluding hydrogens is 252 g/mol. The molecule has 102 valence electrons. The van der Waals surface area contributed by atoms with Crippen molar-refractivity contribution in [2.24, 2.45) is 7.05 Å². The second kappa shape index (κ2) is 6.29. The lowest BCUT2D eigenvalue weighted by Gasteiger charge is -2.07. The topological polar surface area (TPSA) is 39.1 Å². The van der Waals surface area contributed by atoms with E-state index in [0.29, 0.717) is 13.1 Å². The van der Waals surface area contributed by atoms with Gasteiger partial charge >= 0.3 is 6.61 Å². The number of hydrogen-bond acceptors (Lipinski definition) is 3. The number of benzene rings is 1. The third-order valence-corrected chi connectivity index (χ3v) is 2.68. The molecule has 0 fully saturated rings. The maximum atomic E-state index is 12.0. The molecule has 6 heteroatoms. The van der Waals surface area contributed by atoms with E-state index in [1.54, 1.807) is 18.3 Å². The first-order chi connectivity index (χ1) is 9.15. The molecule has 0 unspecified atom stereocenters. The zero-order valence-corrected chi connectivity index (χ0v) is 10.5. The lowest BCUT2D eigenvalue weighted by atomic mass is 10.2. The zero-order chi connectivity index (χ0) is 13.7. The van der Waals surface area contributed by atoms with Crippen LogP contribution in [-0.4, -0.2) is 16.2 Å². The quantitative estimate of drug-likeness (QED) is 0.873. The minimum Gasteiger partial charge on any atom is -0.435 e. The Kier molecular flexibility index (Phi) is 4.46. The lowest BCUT2D eigenvalue weighted by molar-refractivity contribution is -0.0498. The largest absolute Gasteiger partial charge is 0.435 e. The van der Waals surface area contributed by atoms with Crippen molar-refractivity contribution in [1.29, 1.82) is 0 Å². The molecule has 1 aromatic carbocycles. The van der Waals surface area contributed by atoms with E-state index in [9.17, 15) is 8.78 Å². The van der Waals surface area contributed by atoms with Gasteiger partial charge in [0, 0.05) is 26.0 Å². The number of nitrogens with one attached hydrogen (secondary N) is 1. The predicted molar refractivity (Wildman–Crippen MR) is 66.8 cm³/mol. The van der Waals surface area contributed by atoms with E-state index in [0.717, 1.165) is 11.4 Å². The summed E-state index contributed by atoms with van der Waals surface area (Å²) >= 11 is 0. The number of hydrogen-bond donors (Lipinski definition) is 1. The third kappa shape index (κ3) is 4.03. The van der Waals surface area contributed by atoms with Gasteiger partial charge in [0.2, 0.25) is 0 Å². The van der Waals surface area contributed by atoms with E-state index in [4.69, 9.17) is 0 Å². The van der Waals surface area contributed by atoms with Crippen molar-refractivity contribution in [2.75, 3.05) is 0 Å². The van der Waals surface area contributed by atoms with Crippen LogP contribution < -0.4 is 10.1 Å². The molecule has 1 aromatic heterocycles. The standard InChI is InChI=1S/C13H15F2N3O/c1-18-7-6-17-12(18)9-16-8-10-2-4-11(5-3-10)19-13(14)15/h2-7,13,16H,8-9H2,1H3. The highest BCUT2D eigenvalue weighted by molar-refractivity contribution is 5.27. The highest BCUT2D eigenvalue weighted by atomic mass is 19.3. The smallest absolute Gasteiger partial charge is 0.387 e. The first-order valence-corrected chi connectivity index (χ1v) is 5.86. The Morgan fingerprint density at radius 1 is 1.26 bits per heavy atom. The van der Waals surface area contributed by atoms with Gasteiger partial charge in [0.15, 0.2) is 0 Å². The van der Waals surface area contributed by atoms with E-state index in [1.165, 1.54) is 12.1 Å². The summed E-state index contributed by atoms with van der Waals surface area (Å²) in [6, 6.07) is 6.57. The number of aryl methyl sites for hydroxylation is 1. The van der Waals surface area contributed by atoms with Gasteiger partial charge in [0.1, 0.15) is 11.6 Å². The van der Waals surface area contributed by atoms with Crippen molar-refractivity contribution in [3.63, 3.8) is 0 Å². The summed E-state index contributed by atoms with van der Waals surface area (Å²) in [5.41, 5.74) is 0.996. The van der Waals surface area contributed by atoms with Crippen molar-refractivity contribution in [2.45, 2.75) is 19.7 Å². The van der Waals surface area contributed by atoms with Crippen LogP contribution in [0.3, 0.4) is 0 Å². The number of halogens is 2. The summed E-state index contributed by atoms with van der Waals surface area (Å²) < 4.78 is 30.2. The summed E-state index contributed by atoms with van der Waals surface area (Å²) in [7, 11) is 1.93. The SMILES string of the molecule is Cn1ccnc1CNCc1ccc(OC(F)F)cc1. The summed E-state index contributed by atoms with van der Waals surface area (Å²) in [5, 5.41) is 3.23. The van der Waals surface area contributed by atoms with Gasteiger partial charge in [-0.2, -0.15) is 8.78 Å². The molecular formula is C13H15F2N3O. The number of nitrogens with zero attached hydrogens (tertiary/aromatic N) is 2. The van der Waals surface area contributed by atoms with E-state index >= 15 is 0 Å². The fourth-order valence-electron chi connectivity index (χ4n) is 1.67. The van der Waals surface area contributed by atoms with Crippen molar-refractivity contribution in [1.82, 2.24) is 14.9 Å². The fraction of sp³-hybridized carbons (Fsp3) is 0.308. The Morgan fingerprint density at radius 3 is 2.58 bits per heavy atom. The Morgan fingerprint density at radius 2 is 2.00 bits per heavy atom. The van der Waals surface area contributed by atoms with E-state index < -0.39 is 6.61 Å². The Balaban J connectivity index is 1.81. The normalized spacial score (nSPS) is 10.9. The van der Waals surface area contributed by atoms with Crippen LogP contribution in [0.15, 0.2) is 36.7 Å². The number of alkyl halides is 2. The molecule has 0 atom stereocenters. The molecule has 0 spiro atoms. The van der Waals surface area contributed by atoms with Crippen molar-refractivity contribution < 1.29 is 13.5 Å². The lowest BCUT2D eigenvalue weighted by Crippen LogP contribution is -2.15. The van der Waals surface area contributed by atoms with Crippen LogP contribution in [0, 0.1) is 0 Å². The number of aromatic nitrogens is 2. The van der Waals surface area contributed by atoms with E-state index in [2.05, 4.69) is 15.0 Å². The molecule has 2 aromatic rings. The van der Waals surface area contributed by atoms with Gasteiger partial charge < -0.3 is 14.6 Å². The van der Waals surface area contributed by atoms with Gasteiger partial charge in [-0.15, -0.1) is 0 Å². The molecule has 0 aliphatic carbocycles. The van der Waals surface area contributed by atoms with Gasteiger partial charge in [-0.25, -0.2) is 4.98 Å². The molecule has 1 heterocycles. The third-order valence-electron chi connectivity index (χ3n) is 2.68. The molecule has 2 rings (SSSR count). The van der Waals surface area contributed by atoms with Crippen LogP contribution in [0.2, 0.25) is 0 Å². The summed E-state index contributed by atoms with van der Waals surface area (Å²) in [4.78, 5) is 4.19. The van der Waals surface area contributed by atoms with E-state index in [1.807, 2.05) is 17.8 Å². The summed E-state index contributed by atoms with van der Waals surface area (Å²) in [5.74, 6) is 1.11. The molecule has 19 heavy (non-hydrogen) atoms. The Bertz CT molecular complexity index is 511. The maximum Gasteiger partial charge on any atom is 0.387 e. The van der Waals surface area contributed by atoms with Gasteiger partial charge in [-0.05, 0) is 17.7 Å². The van der Waals surface area contributed by atoms with Gasteiger partial charge in [-0.3, -0.25) is 0 Å². The number of rotatable bonds is 6. The molecule has 0 aliphatic heterocycles. The highest BCUT2D eigenvalue weighted by Crippen LogP contribution is 2.14. The Labute approximate surface area is 110 Å². The van der Waals surface area contributed by atoms with Gasteiger partial charge in [-0.1, -0.05) is 12.1 Å². The molecule has 0 bridgehead atoms. The number of ether oxygens (including phenoxy) is 1. The van der Waals surface area contributed by atoms with Crippen LogP contribution in [-0.2, 0) is 20.1 Å². The minimum atomic E-state index is -2.78. The molecule has 0 saturated carbocycles. The van der Waals surface area contributed by atoms with Gasteiger partial charge in [0.05, 0.1) is 6.54 Å².